The largest absolute Gasteiger partial charge is 0.471 e. The van der Waals surface area contributed by atoms with Gasteiger partial charge >= 0.3 is 12.1 Å². The second-order valence-electron chi connectivity index (χ2n) is 6.67. The van der Waals surface area contributed by atoms with Crippen LogP contribution in [0, 0.1) is 23.3 Å². The molecule has 0 bridgehead atoms. The highest BCUT2D eigenvalue weighted by Crippen LogP contribution is 2.27. The maximum atomic E-state index is 13.4. The first kappa shape index (κ1) is 22.3. The summed E-state index contributed by atoms with van der Waals surface area (Å²) in [6.45, 7) is -1.46. The number of carbonyl (C=O) groups excluding carboxylic acids is 2. The molecule has 1 heterocycles. The lowest BCUT2D eigenvalue weighted by molar-refractivity contribution is -0.184. The van der Waals surface area contributed by atoms with Crippen molar-refractivity contribution in [3.8, 4) is 0 Å². The zero-order chi connectivity index (χ0) is 22.9. The molecule has 0 radical (unpaired) electrons. The van der Waals surface area contributed by atoms with Gasteiger partial charge in [0.05, 0.1) is 13.1 Å². The molecule has 0 N–H and O–H groups in total. The Morgan fingerprint density at radius 2 is 1.19 bits per heavy atom. The lowest BCUT2D eigenvalue weighted by Gasteiger charge is -2.30. The number of rotatable bonds is 2. The fourth-order valence-electron chi connectivity index (χ4n) is 2.97. The van der Waals surface area contributed by atoms with Gasteiger partial charge in [0, 0.05) is 11.1 Å². The fourth-order valence-corrected chi connectivity index (χ4v) is 2.97. The average Bonchev–Trinajstić information content (AvgIpc) is 2.69. The zero-order valence-corrected chi connectivity index (χ0v) is 15.4. The summed E-state index contributed by atoms with van der Waals surface area (Å²) in [5.74, 6) is -7.79. The van der Waals surface area contributed by atoms with Crippen LogP contribution in [-0.4, -0.2) is 35.9 Å². The van der Waals surface area contributed by atoms with E-state index >= 15 is 0 Å². The number of ketones is 1. The Labute approximate surface area is 171 Å². The number of likely N-dealkylation sites (tertiary alicyclic amines) is 1. The Morgan fingerprint density at radius 1 is 0.774 bits per heavy atom. The van der Waals surface area contributed by atoms with Crippen LogP contribution in [0.15, 0.2) is 47.5 Å². The summed E-state index contributed by atoms with van der Waals surface area (Å²) in [6, 6.07) is 5.21. The summed E-state index contributed by atoms with van der Waals surface area (Å²) in [4.78, 5) is 24.8. The van der Waals surface area contributed by atoms with Crippen molar-refractivity contribution in [2.75, 3.05) is 13.1 Å². The molecule has 3 rings (SSSR count). The van der Waals surface area contributed by atoms with Crippen molar-refractivity contribution < 1.29 is 40.3 Å². The molecule has 1 amide bonds. The molecule has 1 saturated heterocycles. The molecule has 0 unspecified atom stereocenters. The highest BCUT2D eigenvalue weighted by atomic mass is 19.4. The molecular weight excluding hydrogens is 431 g/mol. The van der Waals surface area contributed by atoms with Gasteiger partial charge < -0.3 is 4.90 Å². The molecule has 2 aromatic carbocycles. The van der Waals surface area contributed by atoms with Gasteiger partial charge in [-0.2, -0.15) is 13.2 Å². The summed E-state index contributed by atoms with van der Waals surface area (Å²) in [5, 5.41) is 0. The van der Waals surface area contributed by atoms with Gasteiger partial charge in [0.15, 0.2) is 29.1 Å². The average molecular weight is 443 g/mol. The molecule has 0 saturated carbocycles. The van der Waals surface area contributed by atoms with E-state index in [0.29, 0.717) is 4.90 Å². The van der Waals surface area contributed by atoms with Crippen molar-refractivity contribution in [3.63, 3.8) is 0 Å². The number of halogens is 7. The third-order valence-electron chi connectivity index (χ3n) is 4.40. The van der Waals surface area contributed by atoms with Crippen molar-refractivity contribution >= 4 is 23.8 Å². The molecular formula is C21H12F7NO2. The van der Waals surface area contributed by atoms with E-state index in [0.717, 1.165) is 48.6 Å². The van der Waals surface area contributed by atoms with E-state index in [9.17, 15) is 40.3 Å². The van der Waals surface area contributed by atoms with Crippen LogP contribution in [0.25, 0.3) is 12.2 Å². The predicted octanol–water partition coefficient (Wildman–Crippen LogP) is 4.68. The van der Waals surface area contributed by atoms with Crippen LogP contribution in [0.2, 0.25) is 0 Å². The summed E-state index contributed by atoms with van der Waals surface area (Å²) >= 11 is 0. The van der Waals surface area contributed by atoms with E-state index in [1.54, 1.807) is 0 Å². The van der Waals surface area contributed by atoms with Crippen molar-refractivity contribution in [1.29, 1.82) is 0 Å². The molecule has 1 aliphatic rings. The van der Waals surface area contributed by atoms with E-state index in [4.69, 9.17) is 0 Å². The predicted molar refractivity (Wildman–Crippen MR) is 96.3 cm³/mol. The standard InChI is InChI=1S/C21H12F7NO2/c22-15-3-1-11(7-17(15)24)5-13-9-29(20(31)21(26,27)28)10-14(19(13)30)6-12-2-4-16(23)18(25)8-12/h1-8H,9-10H2/b13-5+,14-6+. The quantitative estimate of drug-likeness (QED) is 0.499. The van der Waals surface area contributed by atoms with Crippen LogP contribution in [0.1, 0.15) is 11.1 Å². The second kappa shape index (κ2) is 8.37. The SMILES string of the molecule is O=C1/C(=C/c2ccc(F)c(F)c2)CN(C(=O)C(F)(F)F)C/C1=C\c1ccc(F)c(F)c1. The lowest BCUT2D eigenvalue weighted by Crippen LogP contribution is -2.47. The normalized spacial score (nSPS) is 17.5. The highest BCUT2D eigenvalue weighted by Gasteiger charge is 2.44. The van der Waals surface area contributed by atoms with Gasteiger partial charge in [0.2, 0.25) is 0 Å². The van der Waals surface area contributed by atoms with Gasteiger partial charge in [-0.05, 0) is 47.5 Å². The minimum Gasteiger partial charge on any atom is -0.326 e. The Morgan fingerprint density at radius 3 is 1.55 bits per heavy atom. The minimum absolute atomic E-state index is 0.0178. The molecule has 3 nitrogen and oxygen atoms in total. The van der Waals surface area contributed by atoms with E-state index in [1.807, 2.05) is 0 Å². The van der Waals surface area contributed by atoms with Crippen molar-refractivity contribution in [2.24, 2.45) is 0 Å². The molecule has 1 aliphatic heterocycles. The number of alkyl halides is 3. The van der Waals surface area contributed by atoms with E-state index in [2.05, 4.69) is 0 Å². The van der Waals surface area contributed by atoms with Gasteiger partial charge in [-0.3, -0.25) is 9.59 Å². The molecule has 0 aliphatic carbocycles. The van der Waals surface area contributed by atoms with Gasteiger partial charge in [-0.1, -0.05) is 12.1 Å². The van der Waals surface area contributed by atoms with Gasteiger partial charge in [-0.15, -0.1) is 0 Å². The summed E-state index contributed by atoms with van der Waals surface area (Å²) in [5.41, 5.74) is -0.640. The van der Waals surface area contributed by atoms with Crippen molar-refractivity contribution in [2.45, 2.75) is 6.18 Å². The summed E-state index contributed by atoms with van der Waals surface area (Å²) in [7, 11) is 0. The Hall–Kier alpha value is -3.43. The molecule has 10 heteroatoms. The van der Waals surface area contributed by atoms with E-state index in [-0.39, 0.29) is 22.3 Å². The van der Waals surface area contributed by atoms with Crippen LogP contribution in [0.4, 0.5) is 30.7 Å². The summed E-state index contributed by atoms with van der Waals surface area (Å²) in [6.07, 6.45) is -3.17. The minimum atomic E-state index is -5.22. The molecule has 162 valence electrons. The third kappa shape index (κ3) is 5.01. The maximum absolute atomic E-state index is 13.4. The Kier molecular flexibility index (Phi) is 6.01. The molecule has 31 heavy (non-hydrogen) atoms. The van der Waals surface area contributed by atoms with Crippen molar-refractivity contribution in [1.82, 2.24) is 4.90 Å². The molecule has 0 atom stereocenters. The number of nitrogens with zero attached hydrogens (tertiary/aromatic N) is 1. The first-order valence-electron chi connectivity index (χ1n) is 8.68. The van der Waals surface area contributed by atoms with Gasteiger partial charge in [-0.25, -0.2) is 17.6 Å². The van der Waals surface area contributed by atoms with Crippen LogP contribution < -0.4 is 0 Å². The summed E-state index contributed by atoms with van der Waals surface area (Å²) < 4.78 is 91.9. The molecule has 0 aromatic heterocycles. The Balaban J connectivity index is 2.05. The van der Waals surface area contributed by atoms with Gasteiger partial charge in [0.25, 0.3) is 0 Å². The first-order chi connectivity index (χ1) is 14.5. The number of piperidine rings is 1. The number of hydrogen-bond donors (Lipinski definition) is 0. The number of Topliss-reactive ketones (excluding diaryl/α,β-unsaturated/α-hetero) is 1. The number of hydrogen-bond acceptors (Lipinski definition) is 2. The first-order valence-corrected chi connectivity index (χ1v) is 8.68. The Bertz CT molecular complexity index is 1050. The fraction of sp³-hybridized carbons (Fsp3) is 0.143. The topological polar surface area (TPSA) is 37.4 Å². The molecule has 1 fully saturated rings. The monoisotopic (exact) mass is 443 g/mol. The lowest BCUT2D eigenvalue weighted by atomic mass is 9.94. The van der Waals surface area contributed by atoms with E-state index < -0.39 is 54.2 Å². The van der Waals surface area contributed by atoms with Gasteiger partial charge in [0.1, 0.15) is 0 Å². The molecule has 0 spiro atoms. The van der Waals surface area contributed by atoms with Crippen LogP contribution in [0.3, 0.4) is 0 Å². The number of benzene rings is 2. The zero-order valence-electron chi connectivity index (χ0n) is 15.4. The second-order valence-corrected chi connectivity index (χ2v) is 6.67. The third-order valence-corrected chi connectivity index (χ3v) is 4.40. The molecule has 2 aromatic rings. The number of carbonyl (C=O) groups is 2. The van der Waals surface area contributed by atoms with Crippen LogP contribution in [0.5, 0.6) is 0 Å². The maximum Gasteiger partial charge on any atom is 0.471 e. The van der Waals surface area contributed by atoms with Crippen LogP contribution in [-0.2, 0) is 9.59 Å². The van der Waals surface area contributed by atoms with Crippen LogP contribution >= 0.6 is 0 Å². The highest BCUT2D eigenvalue weighted by molar-refractivity contribution is 6.15. The number of amides is 1. The van der Waals surface area contributed by atoms with Crippen molar-refractivity contribution in [3.05, 3.63) is 81.9 Å². The van der Waals surface area contributed by atoms with E-state index in [1.165, 1.54) is 0 Å². The smallest absolute Gasteiger partial charge is 0.326 e.